The highest BCUT2D eigenvalue weighted by molar-refractivity contribution is 8.00. The van der Waals surface area contributed by atoms with Crippen LogP contribution < -0.4 is 5.73 Å². The number of hydrogen-bond donors (Lipinski definition) is 1. The van der Waals surface area contributed by atoms with Crippen LogP contribution in [0, 0.1) is 5.41 Å². The van der Waals surface area contributed by atoms with Crippen molar-refractivity contribution in [2.24, 2.45) is 11.1 Å². The Balaban J connectivity index is 1.61. The number of carbonyl (C=O) groups is 2. The van der Waals surface area contributed by atoms with Gasteiger partial charge in [0.05, 0.1) is 0 Å². The number of amides is 1. The van der Waals surface area contributed by atoms with Crippen molar-refractivity contribution in [1.82, 2.24) is 4.90 Å². The number of carbonyl (C=O) groups excluding carboxylic acids is 2. The topological polar surface area (TPSA) is 72.6 Å². The van der Waals surface area contributed by atoms with Crippen LogP contribution in [0.5, 0.6) is 0 Å². The molecule has 5 nitrogen and oxygen atoms in total. The summed E-state index contributed by atoms with van der Waals surface area (Å²) in [4.78, 5) is 27.6. The van der Waals surface area contributed by atoms with Gasteiger partial charge in [0.2, 0.25) is 5.91 Å². The summed E-state index contributed by atoms with van der Waals surface area (Å²) in [7, 11) is 0. The average molecular weight is 443 g/mol. The molecule has 2 aromatic rings. The van der Waals surface area contributed by atoms with E-state index >= 15 is 0 Å². The summed E-state index contributed by atoms with van der Waals surface area (Å²) in [5.74, 6) is 1.81. The Hall–Kier alpha value is -1.96. The molecule has 0 bridgehead atoms. The molecule has 2 aromatic carbocycles. The van der Waals surface area contributed by atoms with E-state index in [-0.39, 0.29) is 17.3 Å². The van der Waals surface area contributed by atoms with Gasteiger partial charge in [-0.2, -0.15) is 11.8 Å². The van der Waals surface area contributed by atoms with Gasteiger partial charge in [0.25, 0.3) is 0 Å². The maximum Gasteiger partial charge on any atom is 0.316 e. The Labute approximate surface area is 185 Å². The van der Waals surface area contributed by atoms with E-state index in [0.717, 1.165) is 16.9 Å². The third kappa shape index (κ3) is 3.98. The summed E-state index contributed by atoms with van der Waals surface area (Å²) in [6, 6.07) is 19.1. The van der Waals surface area contributed by atoms with Crippen molar-refractivity contribution in [1.29, 1.82) is 0 Å². The van der Waals surface area contributed by atoms with Crippen LogP contribution in [-0.4, -0.2) is 52.0 Å². The minimum Gasteiger partial charge on any atom is -0.452 e. The van der Waals surface area contributed by atoms with Crippen LogP contribution in [-0.2, 0) is 14.3 Å². The molecule has 2 fully saturated rings. The SMILES string of the molecule is CCSCC1(C(=O)OC(c2ccccc2)c2ccccc2)CS[C@@H]2C(N)C(=O)N2C1. The standard InChI is InChI=1S/C23H26N2O3S2/c1-2-29-14-23(13-25-20(26)18(24)21(25)30-15-23)22(27)28-19(16-9-5-3-6-10-16)17-11-7-4-8-12-17/h3-12,18-19,21H,2,13-15,24H2,1H3/t18?,21-,23?/m1/s1. The van der Waals surface area contributed by atoms with E-state index in [0.29, 0.717) is 18.1 Å². The molecule has 2 N–H and O–H groups in total. The fourth-order valence-corrected chi connectivity index (χ4v) is 6.43. The number of rotatable bonds is 7. The molecule has 2 heterocycles. The summed E-state index contributed by atoms with van der Waals surface area (Å²) in [5, 5.41) is -0.0240. The molecular formula is C23H26N2O3S2. The normalized spacial score (nSPS) is 25.6. The van der Waals surface area contributed by atoms with Gasteiger partial charge in [-0.3, -0.25) is 9.59 Å². The Morgan fingerprint density at radius 3 is 2.37 bits per heavy atom. The lowest BCUT2D eigenvalue weighted by Crippen LogP contribution is -2.72. The van der Waals surface area contributed by atoms with Crippen LogP contribution in [0.4, 0.5) is 0 Å². The summed E-state index contributed by atoms with van der Waals surface area (Å²) >= 11 is 3.30. The number of nitrogens with zero attached hydrogens (tertiary/aromatic N) is 1. The monoisotopic (exact) mass is 442 g/mol. The van der Waals surface area contributed by atoms with E-state index in [2.05, 4.69) is 6.92 Å². The van der Waals surface area contributed by atoms with Gasteiger partial charge in [0.15, 0.2) is 6.10 Å². The first-order valence-electron chi connectivity index (χ1n) is 10.1. The third-order valence-electron chi connectivity index (χ3n) is 5.63. The van der Waals surface area contributed by atoms with Gasteiger partial charge in [-0.15, -0.1) is 11.8 Å². The third-order valence-corrected chi connectivity index (χ3v) is 8.40. The van der Waals surface area contributed by atoms with Crippen molar-refractivity contribution in [3.8, 4) is 0 Å². The smallest absolute Gasteiger partial charge is 0.316 e. The van der Waals surface area contributed by atoms with Gasteiger partial charge in [-0.25, -0.2) is 0 Å². The number of fused-ring (bicyclic) bond motifs is 1. The maximum absolute atomic E-state index is 13.6. The molecule has 0 spiro atoms. The van der Waals surface area contributed by atoms with Crippen molar-refractivity contribution >= 4 is 35.4 Å². The van der Waals surface area contributed by atoms with E-state index < -0.39 is 17.6 Å². The molecule has 158 valence electrons. The molecule has 0 radical (unpaired) electrons. The molecular weight excluding hydrogens is 416 g/mol. The Morgan fingerprint density at radius 1 is 1.20 bits per heavy atom. The predicted molar refractivity (Wildman–Crippen MR) is 122 cm³/mol. The van der Waals surface area contributed by atoms with Crippen LogP contribution in [0.15, 0.2) is 60.7 Å². The fraction of sp³-hybridized carbons (Fsp3) is 0.391. The highest BCUT2D eigenvalue weighted by Crippen LogP contribution is 2.44. The van der Waals surface area contributed by atoms with Gasteiger partial charge in [0.1, 0.15) is 16.8 Å². The maximum atomic E-state index is 13.6. The first kappa shape index (κ1) is 21.3. The second kappa shape index (κ2) is 9.04. The summed E-state index contributed by atoms with van der Waals surface area (Å²) < 4.78 is 6.20. The Bertz CT molecular complexity index is 856. The first-order valence-corrected chi connectivity index (χ1v) is 12.3. The van der Waals surface area contributed by atoms with Crippen molar-refractivity contribution < 1.29 is 14.3 Å². The van der Waals surface area contributed by atoms with Gasteiger partial charge < -0.3 is 15.4 Å². The molecule has 2 aliphatic heterocycles. The van der Waals surface area contributed by atoms with Crippen molar-refractivity contribution in [3.63, 3.8) is 0 Å². The number of thioether (sulfide) groups is 2. The minimum absolute atomic E-state index is 0.0240. The first-order chi connectivity index (χ1) is 14.6. The molecule has 0 saturated carbocycles. The van der Waals surface area contributed by atoms with E-state index in [1.54, 1.807) is 28.4 Å². The average Bonchev–Trinajstić information content (AvgIpc) is 2.81. The molecule has 3 atom stereocenters. The zero-order valence-corrected chi connectivity index (χ0v) is 18.5. The lowest BCUT2D eigenvalue weighted by atomic mass is 9.89. The fourth-order valence-electron chi connectivity index (χ4n) is 3.91. The van der Waals surface area contributed by atoms with E-state index in [4.69, 9.17) is 10.5 Å². The van der Waals surface area contributed by atoms with Crippen molar-refractivity contribution in [3.05, 3.63) is 71.8 Å². The van der Waals surface area contributed by atoms with Crippen LogP contribution in [0.3, 0.4) is 0 Å². The molecule has 2 unspecified atom stereocenters. The largest absolute Gasteiger partial charge is 0.452 e. The molecule has 0 aliphatic carbocycles. The number of benzene rings is 2. The summed E-state index contributed by atoms with van der Waals surface area (Å²) in [5.41, 5.74) is 7.06. The lowest BCUT2D eigenvalue weighted by molar-refractivity contribution is -0.163. The highest BCUT2D eigenvalue weighted by Gasteiger charge is 2.56. The molecule has 2 saturated heterocycles. The zero-order valence-electron chi connectivity index (χ0n) is 16.9. The number of hydrogen-bond acceptors (Lipinski definition) is 6. The molecule has 1 amide bonds. The quantitative estimate of drug-likeness (QED) is 0.524. The van der Waals surface area contributed by atoms with E-state index in [1.807, 2.05) is 60.7 Å². The van der Waals surface area contributed by atoms with E-state index in [1.165, 1.54) is 0 Å². The van der Waals surface area contributed by atoms with Gasteiger partial charge in [-0.1, -0.05) is 67.6 Å². The van der Waals surface area contributed by atoms with Crippen LogP contribution in [0.25, 0.3) is 0 Å². The van der Waals surface area contributed by atoms with Gasteiger partial charge >= 0.3 is 5.97 Å². The number of nitrogens with two attached hydrogens (primary N) is 1. The molecule has 2 aliphatic rings. The molecule has 4 rings (SSSR count). The highest BCUT2D eigenvalue weighted by atomic mass is 32.2. The van der Waals surface area contributed by atoms with Crippen LogP contribution in [0.1, 0.15) is 24.2 Å². The van der Waals surface area contributed by atoms with Gasteiger partial charge in [-0.05, 0) is 16.9 Å². The predicted octanol–water partition coefficient (Wildman–Crippen LogP) is 3.30. The molecule has 0 aromatic heterocycles. The molecule has 7 heteroatoms. The minimum atomic E-state index is -0.737. The number of esters is 1. The second-order valence-corrected chi connectivity index (χ2v) is 10.1. The summed E-state index contributed by atoms with van der Waals surface area (Å²) in [6.45, 7) is 2.45. The zero-order chi connectivity index (χ0) is 21.1. The molecule has 30 heavy (non-hydrogen) atoms. The van der Waals surface area contributed by atoms with Crippen LogP contribution >= 0.6 is 23.5 Å². The Morgan fingerprint density at radius 2 is 1.80 bits per heavy atom. The lowest BCUT2D eigenvalue weighted by Gasteiger charge is -2.53. The number of ether oxygens (including phenoxy) is 1. The van der Waals surface area contributed by atoms with Gasteiger partial charge in [0, 0.05) is 18.1 Å². The summed E-state index contributed by atoms with van der Waals surface area (Å²) in [6.07, 6.45) is -0.486. The Kier molecular flexibility index (Phi) is 6.41. The van der Waals surface area contributed by atoms with Crippen LogP contribution in [0.2, 0.25) is 0 Å². The number of β-lactam (4-membered cyclic amide) rings is 1. The second-order valence-electron chi connectivity index (χ2n) is 7.72. The van der Waals surface area contributed by atoms with Crippen molar-refractivity contribution in [2.75, 3.05) is 23.8 Å². The van der Waals surface area contributed by atoms with E-state index in [9.17, 15) is 9.59 Å². The van der Waals surface area contributed by atoms with Crippen molar-refractivity contribution in [2.45, 2.75) is 24.4 Å².